The van der Waals surface area contributed by atoms with Gasteiger partial charge < -0.3 is 4.74 Å². The van der Waals surface area contributed by atoms with E-state index in [2.05, 4.69) is 5.92 Å². The third kappa shape index (κ3) is 4.54. The molecule has 4 heteroatoms. The van der Waals surface area contributed by atoms with Crippen LogP contribution in [-0.2, 0) is 16.0 Å². The molecule has 0 N–H and O–H groups in total. The van der Waals surface area contributed by atoms with Crippen molar-refractivity contribution in [2.75, 3.05) is 0 Å². The number of hydrogen-bond donors (Lipinski definition) is 0. The number of hydrogen-bond acceptors (Lipinski definition) is 2. The van der Waals surface area contributed by atoms with Crippen molar-refractivity contribution in [3.63, 3.8) is 0 Å². The van der Waals surface area contributed by atoms with E-state index in [4.69, 9.17) is 22.8 Å². The normalized spacial score (nSPS) is 11.5. The molecule has 0 heterocycles. The molecule has 0 aliphatic carbocycles. The maximum absolute atomic E-state index is 11.3. The molecule has 15 heavy (non-hydrogen) atoms. The molecule has 0 aliphatic rings. The van der Waals surface area contributed by atoms with Gasteiger partial charge in [-0.1, -0.05) is 29.7 Å². The van der Waals surface area contributed by atoms with Crippen LogP contribution in [-0.4, -0.2) is 10.1 Å². The van der Waals surface area contributed by atoms with Crippen molar-refractivity contribution < 1.29 is 9.53 Å². The number of esters is 1. The van der Waals surface area contributed by atoms with E-state index in [1.54, 1.807) is 24.3 Å². The van der Waals surface area contributed by atoms with Gasteiger partial charge in [0, 0.05) is 5.02 Å². The lowest BCUT2D eigenvalue weighted by atomic mass is 10.2. The molecule has 1 aromatic carbocycles. The van der Waals surface area contributed by atoms with Gasteiger partial charge in [0.2, 0.25) is 4.11 Å². The maximum Gasteiger partial charge on any atom is 0.312 e. The number of alkyl halides is 1. The lowest BCUT2D eigenvalue weighted by Gasteiger charge is -2.05. The minimum Gasteiger partial charge on any atom is -0.439 e. The van der Waals surface area contributed by atoms with Crippen molar-refractivity contribution in [3.05, 3.63) is 34.9 Å². The zero-order valence-corrected chi connectivity index (χ0v) is 10.7. The minimum atomic E-state index is -0.512. The molecule has 0 radical (unpaired) electrons. The van der Waals surface area contributed by atoms with Gasteiger partial charge in [-0.2, -0.15) is 0 Å². The molecule has 0 spiro atoms. The molecular weight excluding hydrogens is 326 g/mol. The number of carbonyl (C=O) groups is 1. The summed E-state index contributed by atoms with van der Waals surface area (Å²) in [7, 11) is 0. The second-order valence-corrected chi connectivity index (χ2v) is 4.34. The van der Waals surface area contributed by atoms with E-state index >= 15 is 0 Å². The van der Waals surface area contributed by atoms with Crippen molar-refractivity contribution in [1.82, 2.24) is 0 Å². The average Bonchev–Trinajstić information content (AvgIpc) is 2.21. The van der Waals surface area contributed by atoms with Crippen molar-refractivity contribution in [1.29, 1.82) is 0 Å². The number of carbonyl (C=O) groups excluding carboxylic acids is 1. The van der Waals surface area contributed by atoms with E-state index in [0.29, 0.717) is 5.02 Å². The molecule has 0 bridgehead atoms. The standard InChI is InChI=1S/C11H8ClIO2/c1-2-10(13)15-11(14)7-8-3-5-9(12)6-4-8/h1,3-6,10H,7H2. The predicted molar refractivity (Wildman–Crippen MR) is 67.9 cm³/mol. The van der Waals surface area contributed by atoms with Crippen LogP contribution >= 0.6 is 34.2 Å². The summed E-state index contributed by atoms with van der Waals surface area (Å²) in [5.41, 5.74) is 0.852. The maximum atomic E-state index is 11.3. The van der Waals surface area contributed by atoms with Gasteiger partial charge in [-0.05, 0) is 40.3 Å². The number of benzene rings is 1. The van der Waals surface area contributed by atoms with E-state index in [1.165, 1.54) is 0 Å². The molecule has 2 nitrogen and oxygen atoms in total. The summed E-state index contributed by atoms with van der Waals surface area (Å²) in [5.74, 6) is 1.97. The first-order valence-electron chi connectivity index (χ1n) is 4.16. The van der Waals surface area contributed by atoms with E-state index in [-0.39, 0.29) is 12.4 Å². The third-order valence-corrected chi connectivity index (χ3v) is 2.49. The van der Waals surface area contributed by atoms with Gasteiger partial charge in [-0.25, -0.2) is 0 Å². The van der Waals surface area contributed by atoms with Crippen LogP contribution in [0, 0.1) is 12.3 Å². The predicted octanol–water partition coefficient (Wildman–Crippen LogP) is 2.82. The van der Waals surface area contributed by atoms with Crippen LogP contribution in [0.1, 0.15) is 5.56 Å². The van der Waals surface area contributed by atoms with Gasteiger partial charge in [-0.3, -0.25) is 4.79 Å². The fourth-order valence-corrected chi connectivity index (χ4v) is 1.37. The van der Waals surface area contributed by atoms with Crippen LogP contribution in [0.5, 0.6) is 0 Å². The van der Waals surface area contributed by atoms with Crippen molar-refractivity contribution in [2.45, 2.75) is 10.5 Å². The van der Waals surface area contributed by atoms with Crippen molar-refractivity contribution >= 4 is 40.2 Å². The quantitative estimate of drug-likeness (QED) is 0.368. The van der Waals surface area contributed by atoms with E-state index in [0.717, 1.165) is 5.56 Å². The smallest absolute Gasteiger partial charge is 0.312 e. The fraction of sp³-hybridized carbons (Fsp3) is 0.182. The second-order valence-electron chi connectivity index (χ2n) is 2.78. The Kier molecular flexibility index (Phi) is 4.92. The molecule has 1 unspecified atom stereocenters. The number of rotatable bonds is 3. The van der Waals surface area contributed by atoms with Gasteiger partial charge in [0.15, 0.2) is 0 Å². The van der Waals surface area contributed by atoms with Gasteiger partial charge in [0.05, 0.1) is 6.42 Å². The first kappa shape index (κ1) is 12.3. The zero-order valence-electron chi connectivity index (χ0n) is 7.74. The fourth-order valence-electron chi connectivity index (χ4n) is 0.960. The Labute approximate surface area is 107 Å². The van der Waals surface area contributed by atoms with Crippen LogP contribution in [0.3, 0.4) is 0 Å². The first-order valence-corrected chi connectivity index (χ1v) is 5.78. The summed E-state index contributed by atoms with van der Waals surface area (Å²) in [4.78, 5) is 11.3. The highest BCUT2D eigenvalue weighted by Gasteiger charge is 2.08. The molecule has 1 aromatic rings. The summed E-state index contributed by atoms with van der Waals surface area (Å²) in [6.45, 7) is 0. The number of terminal acetylenes is 1. The van der Waals surface area contributed by atoms with E-state index < -0.39 is 4.11 Å². The highest BCUT2D eigenvalue weighted by Crippen LogP contribution is 2.11. The van der Waals surface area contributed by atoms with Crippen LogP contribution in [0.2, 0.25) is 5.02 Å². The third-order valence-electron chi connectivity index (χ3n) is 1.63. The molecule has 1 rings (SSSR count). The van der Waals surface area contributed by atoms with Crippen LogP contribution in [0.4, 0.5) is 0 Å². The van der Waals surface area contributed by atoms with E-state index in [9.17, 15) is 4.79 Å². The second kappa shape index (κ2) is 5.99. The Morgan fingerprint density at radius 3 is 2.67 bits per heavy atom. The summed E-state index contributed by atoms with van der Waals surface area (Å²) in [6.07, 6.45) is 5.29. The highest BCUT2D eigenvalue weighted by molar-refractivity contribution is 14.1. The van der Waals surface area contributed by atoms with Crippen molar-refractivity contribution in [3.8, 4) is 12.3 Å². The van der Waals surface area contributed by atoms with Gasteiger partial charge in [0.1, 0.15) is 0 Å². The Morgan fingerprint density at radius 1 is 1.53 bits per heavy atom. The molecule has 0 saturated heterocycles. The van der Waals surface area contributed by atoms with Crippen LogP contribution < -0.4 is 0 Å². The Bertz CT molecular complexity index is 381. The molecule has 0 aliphatic heterocycles. The Morgan fingerprint density at radius 2 is 2.13 bits per heavy atom. The molecule has 0 amide bonds. The molecule has 0 saturated carbocycles. The van der Waals surface area contributed by atoms with Crippen LogP contribution in [0.25, 0.3) is 0 Å². The van der Waals surface area contributed by atoms with Gasteiger partial charge in [0.25, 0.3) is 0 Å². The number of ether oxygens (including phenoxy) is 1. The topological polar surface area (TPSA) is 26.3 Å². The van der Waals surface area contributed by atoms with Gasteiger partial charge in [-0.15, -0.1) is 6.42 Å². The summed E-state index contributed by atoms with van der Waals surface area (Å²) >= 11 is 7.58. The number of halogens is 2. The summed E-state index contributed by atoms with van der Waals surface area (Å²) < 4.78 is 4.40. The summed E-state index contributed by atoms with van der Waals surface area (Å²) in [5, 5.41) is 0.641. The largest absolute Gasteiger partial charge is 0.439 e. The average molecular weight is 335 g/mol. The molecule has 78 valence electrons. The van der Waals surface area contributed by atoms with Gasteiger partial charge >= 0.3 is 5.97 Å². The molecule has 0 aromatic heterocycles. The molecular formula is C11H8ClIO2. The lowest BCUT2D eigenvalue weighted by molar-refractivity contribution is -0.142. The van der Waals surface area contributed by atoms with E-state index in [1.807, 2.05) is 22.6 Å². The zero-order chi connectivity index (χ0) is 11.3. The monoisotopic (exact) mass is 334 g/mol. The Hall–Kier alpha value is -0.730. The Balaban J connectivity index is 2.52. The molecule has 0 fully saturated rings. The first-order chi connectivity index (χ1) is 7.11. The SMILES string of the molecule is C#CC(I)OC(=O)Cc1ccc(Cl)cc1. The minimum absolute atomic E-state index is 0.207. The highest BCUT2D eigenvalue weighted by atomic mass is 127. The summed E-state index contributed by atoms with van der Waals surface area (Å²) in [6, 6.07) is 7.02. The van der Waals surface area contributed by atoms with Crippen LogP contribution in [0.15, 0.2) is 24.3 Å². The molecule has 1 atom stereocenters. The van der Waals surface area contributed by atoms with Crippen molar-refractivity contribution in [2.24, 2.45) is 0 Å². The lowest BCUT2D eigenvalue weighted by Crippen LogP contribution is -2.12.